The normalized spacial score (nSPS) is 11.9. The van der Waals surface area contributed by atoms with Crippen molar-refractivity contribution in [2.45, 2.75) is 23.7 Å². The van der Waals surface area contributed by atoms with Crippen LogP contribution in [0.5, 0.6) is 5.75 Å². The van der Waals surface area contributed by atoms with Crippen LogP contribution in [0.2, 0.25) is 0 Å². The van der Waals surface area contributed by atoms with E-state index in [1.165, 1.54) is 24.3 Å². The molecule has 0 heterocycles. The summed E-state index contributed by atoms with van der Waals surface area (Å²) in [6.45, 7) is 1.56. The highest BCUT2D eigenvalue weighted by molar-refractivity contribution is 7.99. The summed E-state index contributed by atoms with van der Waals surface area (Å²) in [5.74, 6) is -3.09. The first kappa shape index (κ1) is 20.6. The predicted octanol–water partition coefficient (Wildman–Crippen LogP) is 4.38. The van der Waals surface area contributed by atoms with Crippen molar-refractivity contribution in [3.63, 3.8) is 0 Å². The number of hydrogen-bond donors (Lipinski definition) is 2. The Morgan fingerprint density at radius 3 is 2.31 bits per heavy atom. The van der Waals surface area contributed by atoms with Gasteiger partial charge >= 0.3 is 0 Å². The lowest BCUT2D eigenvalue weighted by Crippen LogP contribution is -2.47. The molecule has 0 bridgehead atoms. The second kappa shape index (κ2) is 9.38. The zero-order chi connectivity index (χ0) is 20.8. The van der Waals surface area contributed by atoms with Crippen LogP contribution in [0.4, 0.5) is 8.78 Å². The minimum Gasteiger partial charge on any atom is -0.481 e. The van der Waals surface area contributed by atoms with Gasteiger partial charge in [0.05, 0.1) is 0 Å². The zero-order valence-electron chi connectivity index (χ0n) is 15.4. The lowest BCUT2D eigenvalue weighted by Gasteiger charge is -2.15. The fraction of sp³-hybridized carbons (Fsp3) is 0.143. The molecule has 0 aliphatic heterocycles. The Labute approximate surface area is 170 Å². The highest BCUT2D eigenvalue weighted by atomic mass is 32.2. The molecule has 0 aromatic heterocycles. The average Bonchev–Trinajstić information content (AvgIpc) is 2.71. The molecule has 5 nitrogen and oxygen atoms in total. The van der Waals surface area contributed by atoms with Crippen molar-refractivity contribution in [3.8, 4) is 5.75 Å². The lowest BCUT2D eigenvalue weighted by molar-refractivity contribution is -0.128. The quantitative estimate of drug-likeness (QED) is 0.462. The van der Waals surface area contributed by atoms with E-state index < -0.39 is 23.7 Å². The van der Waals surface area contributed by atoms with Crippen LogP contribution in [0.15, 0.2) is 71.6 Å². The Balaban J connectivity index is 1.53. The molecule has 8 heteroatoms. The second-order valence-electron chi connectivity index (χ2n) is 6.12. The summed E-state index contributed by atoms with van der Waals surface area (Å²) in [5, 5.41) is 2.04. The number of carbonyl (C=O) groups excluding carboxylic acids is 2. The monoisotopic (exact) mass is 416 g/mol. The first-order valence-corrected chi connectivity index (χ1v) is 9.61. The molecule has 3 aromatic carbocycles. The second-order valence-corrected chi connectivity index (χ2v) is 7.18. The van der Waals surface area contributed by atoms with Gasteiger partial charge in [-0.05, 0) is 54.1 Å². The zero-order valence-corrected chi connectivity index (χ0v) is 16.2. The Kier molecular flexibility index (Phi) is 6.66. The molecule has 0 radical (unpaired) electrons. The Bertz CT molecular complexity index is 1010. The minimum atomic E-state index is -2.53. The van der Waals surface area contributed by atoms with E-state index in [-0.39, 0.29) is 5.56 Å². The summed E-state index contributed by atoms with van der Waals surface area (Å²) in [5.41, 5.74) is 4.81. The maximum absolute atomic E-state index is 12.3. The number of amides is 2. The summed E-state index contributed by atoms with van der Waals surface area (Å²) >= 11 is 0.391. The first-order chi connectivity index (χ1) is 13.9. The highest BCUT2D eigenvalue weighted by Crippen LogP contribution is 2.25. The van der Waals surface area contributed by atoms with E-state index in [0.717, 1.165) is 10.8 Å². The minimum absolute atomic E-state index is 0.229. The van der Waals surface area contributed by atoms with Crippen LogP contribution < -0.4 is 15.6 Å². The number of ether oxygens (including phenoxy) is 1. The van der Waals surface area contributed by atoms with Crippen molar-refractivity contribution >= 4 is 34.3 Å². The standard InChI is InChI=1S/C21H18F2N2O3S/c1-13(28-17-9-6-14-4-2-3-5-16(14)12-17)19(26)24-25-20(27)15-7-10-18(11-8-15)29-21(22)23/h2-13,21H,1H3,(H,24,26)(H,25,27). The summed E-state index contributed by atoms with van der Waals surface area (Å²) in [4.78, 5) is 24.6. The molecule has 0 fully saturated rings. The van der Waals surface area contributed by atoms with Gasteiger partial charge in [0.25, 0.3) is 17.6 Å². The maximum Gasteiger partial charge on any atom is 0.288 e. The number of fused-ring (bicyclic) bond motifs is 1. The summed E-state index contributed by atoms with van der Waals surface area (Å²) < 4.78 is 30.3. The Morgan fingerprint density at radius 1 is 0.931 bits per heavy atom. The van der Waals surface area contributed by atoms with Crippen molar-refractivity contribution in [1.29, 1.82) is 0 Å². The number of nitrogens with one attached hydrogen (secondary N) is 2. The van der Waals surface area contributed by atoms with Gasteiger partial charge in [-0.15, -0.1) is 0 Å². The van der Waals surface area contributed by atoms with Crippen LogP contribution in [0, 0.1) is 0 Å². The average molecular weight is 416 g/mol. The van der Waals surface area contributed by atoms with E-state index in [9.17, 15) is 18.4 Å². The van der Waals surface area contributed by atoms with E-state index in [0.29, 0.717) is 22.4 Å². The number of hydrazine groups is 1. The summed E-state index contributed by atoms with van der Waals surface area (Å²) in [6.07, 6.45) is -0.846. The van der Waals surface area contributed by atoms with Crippen LogP contribution in [0.1, 0.15) is 17.3 Å². The Morgan fingerprint density at radius 2 is 1.62 bits per heavy atom. The number of benzene rings is 3. The van der Waals surface area contributed by atoms with Gasteiger partial charge in [-0.25, -0.2) is 0 Å². The SMILES string of the molecule is CC(Oc1ccc2ccccc2c1)C(=O)NNC(=O)c1ccc(SC(F)F)cc1. The molecular weight excluding hydrogens is 398 g/mol. The molecule has 0 spiro atoms. The van der Waals surface area contributed by atoms with Gasteiger partial charge in [0.2, 0.25) is 0 Å². The molecule has 0 aliphatic carbocycles. The van der Waals surface area contributed by atoms with E-state index in [2.05, 4.69) is 10.9 Å². The Hall–Kier alpha value is -3.13. The predicted molar refractivity (Wildman–Crippen MR) is 108 cm³/mol. The van der Waals surface area contributed by atoms with Crippen molar-refractivity contribution in [3.05, 3.63) is 72.3 Å². The van der Waals surface area contributed by atoms with Gasteiger partial charge in [0.1, 0.15) is 5.75 Å². The van der Waals surface area contributed by atoms with Gasteiger partial charge in [-0.1, -0.05) is 42.1 Å². The third-order valence-electron chi connectivity index (χ3n) is 4.04. The van der Waals surface area contributed by atoms with Gasteiger partial charge < -0.3 is 4.74 Å². The van der Waals surface area contributed by atoms with Crippen LogP contribution in [-0.2, 0) is 4.79 Å². The molecule has 1 atom stereocenters. The summed E-state index contributed by atoms with van der Waals surface area (Å²) in [7, 11) is 0. The topological polar surface area (TPSA) is 67.4 Å². The van der Waals surface area contributed by atoms with Crippen molar-refractivity contribution in [2.75, 3.05) is 0 Å². The number of alkyl halides is 2. The van der Waals surface area contributed by atoms with Gasteiger partial charge in [-0.2, -0.15) is 8.78 Å². The number of rotatable bonds is 6. The maximum atomic E-state index is 12.3. The molecule has 0 saturated heterocycles. The molecule has 2 N–H and O–H groups in total. The van der Waals surface area contributed by atoms with Crippen LogP contribution in [0.25, 0.3) is 10.8 Å². The van der Waals surface area contributed by atoms with Crippen LogP contribution >= 0.6 is 11.8 Å². The molecule has 3 aromatic rings. The van der Waals surface area contributed by atoms with Crippen LogP contribution in [-0.4, -0.2) is 23.7 Å². The number of hydrogen-bond acceptors (Lipinski definition) is 4. The third kappa shape index (κ3) is 5.68. The molecule has 3 rings (SSSR count). The van der Waals surface area contributed by atoms with Gasteiger partial charge in [-0.3, -0.25) is 20.4 Å². The lowest BCUT2D eigenvalue weighted by atomic mass is 10.1. The summed E-state index contributed by atoms with van der Waals surface area (Å²) in [6, 6.07) is 18.9. The number of carbonyl (C=O) groups is 2. The smallest absolute Gasteiger partial charge is 0.288 e. The van der Waals surface area contributed by atoms with Crippen molar-refractivity contribution in [2.24, 2.45) is 0 Å². The first-order valence-electron chi connectivity index (χ1n) is 8.73. The van der Waals surface area contributed by atoms with Gasteiger partial charge in [0.15, 0.2) is 6.10 Å². The fourth-order valence-electron chi connectivity index (χ4n) is 2.58. The van der Waals surface area contributed by atoms with Gasteiger partial charge in [0, 0.05) is 10.5 Å². The third-order valence-corrected chi connectivity index (χ3v) is 4.77. The number of halogens is 2. The largest absolute Gasteiger partial charge is 0.481 e. The van der Waals surface area contributed by atoms with E-state index in [1.807, 2.05) is 36.4 Å². The molecule has 150 valence electrons. The van der Waals surface area contributed by atoms with Crippen molar-refractivity contribution in [1.82, 2.24) is 10.9 Å². The fourth-order valence-corrected chi connectivity index (χ4v) is 3.08. The van der Waals surface area contributed by atoms with Crippen LogP contribution in [0.3, 0.4) is 0 Å². The molecule has 2 amide bonds. The van der Waals surface area contributed by atoms with E-state index in [4.69, 9.17) is 4.74 Å². The molecule has 0 aliphatic rings. The van der Waals surface area contributed by atoms with E-state index >= 15 is 0 Å². The van der Waals surface area contributed by atoms with E-state index in [1.54, 1.807) is 13.0 Å². The molecular formula is C21H18F2N2O3S. The molecule has 0 saturated carbocycles. The van der Waals surface area contributed by atoms with Crippen molar-refractivity contribution < 1.29 is 23.1 Å². The highest BCUT2D eigenvalue weighted by Gasteiger charge is 2.16. The molecule has 29 heavy (non-hydrogen) atoms. The number of thioether (sulfide) groups is 1. The molecule has 1 unspecified atom stereocenters.